The Morgan fingerprint density at radius 2 is 2.19 bits per heavy atom. The largest absolute Gasteiger partial charge is 0.477 e. The number of nitrogen functional groups attached to an aromatic ring is 1. The Kier molecular flexibility index (Phi) is 2.13. The minimum Gasteiger partial charge on any atom is -0.477 e. The van der Waals surface area contributed by atoms with E-state index in [-0.39, 0.29) is 0 Å². The van der Waals surface area contributed by atoms with Crippen LogP contribution in [0.1, 0.15) is 12.8 Å². The highest BCUT2D eigenvalue weighted by Crippen LogP contribution is 2.30. The van der Waals surface area contributed by atoms with Crippen LogP contribution >= 0.6 is 0 Å². The number of nitrogens with two attached hydrogens (primary N) is 1. The van der Waals surface area contributed by atoms with Gasteiger partial charge in [-0.2, -0.15) is 0 Å². The van der Waals surface area contributed by atoms with Crippen LogP contribution in [-0.2, 0) is 0 Å². The number of ether oxygens (including phenoxy) is 1. The Bertz CT molecular complexity index is 523. The van der Waals surface area contributed by atoms with Crippen LogP contribution in [0.3, 0.4) is 0 Å². The molecular weight excluding hydrogens is 202 g/mol. The maximum Gasteiger partial charge on any atom is 0.224 e. The molecule has 0 saturated heterocycles. The summed E-state index contributed by atoms with van der Waals surface area (Å²) in [7, 11) is 0. The molecule has 1 aliphatic rings. The molecule has 4 heteroatoms. The highest BCUT2D eigenvalue weighted by Gasteiger charge is 2.22. The zero-order chi connectivity index (χ0) is 11.0. The summed E-state index contributed by atoms with van der Waals surface area (Å²) in [5, 5.41) is 0.892. The van der Waals surface area contributed by atoms with Gasteiger partial charge in [0.15, 0.2) is 0 Å². The lowest BCUT2D eigenvalue weighted by atomic mass is 10.2. The Morgan fingerprint density at radius 1 is 1.31 bits per heavy atom. The Morgan fingerprint density at radius 3 is 3.00 bits per heavy atom. The van der Waals surface area contributed by atoms with Gasteiger partial charge in [0.1, 0.15) is 6.33 Å². The molecule has 1 heterocycles. The highest BCUT2D eigenvalue weighted by atomic mass is 16.5. The number of fused-ring (bicyclic) bond motifs is 1. The summed E-state index contributed by atoms with van der Waals surface area (Å²) in [5.74, 6) is 1.36. The van der Waals surface area contributed by atoms with Gasteiger partial charge in [-0.05, 0) is 37.0 Å². The molecular formula is C12H13N3O. The molecule has 82 valence electrons. The van der Waals surface area contributed by atoms with E-state index in [1.54, 1.807) is 0 Å². The number of benzene rings is 1. The van der Waals surface area contributed by atoms with Crippen molar-refractivity contribution in [2.75, 3.05) is 12.3 Å². The number of rotatable bonds is 3. The third kappa shape index (κ3) is 1.78. The smallest absolute Gasteiger partial charge is 0.224 e. The molecule has 0 bridgehead atoms. The van der Waals surface area contributed by atoms with Gasteiger partial charge in [-0.15, -0.1) is 0 Å². The lowest BCUT2D eigenvalue weighted by Gasteiger charge is -2.07. The van der Waals surface area contributed by atoms with E-state index in [0.717, 1.165) is 17.5 Å². The predicted molar refractivity (Wildman–Crippen MR) is 62.2 cm³/mol. The van der Waals surface area contributed by atoms with Gasteiger partial charge in [0, 0.05) is 5.69 Å². The molecule has 0 radical (unpaired) electrons. The van der Waals surface area contributed by atoms with Gasteiger partial charge in [0.05, 0.1) is 17.5 Å². The summed E-state index contributed by atoms with van der Waals surface area (Å²) in [4.78, 5) is 8.34. The predicted octanol–water partition coefficient (Wildman–Crippen LogP) is 2.00. The zero-order valence-corrected chi connectivity index (χ0v) is 8.89. The van der Waals surface area contributed by atoms with Crippen molar-refractivity contribution in [2.24, 2.45) is 5.92 Å². The molecule has 0 atom stereocenters. The molecule has 1 fully saturated rings. The van der Waals surface area contributed by atoms with Crippen molar-refractivity contribution < 1.29 is 4.74 Å². The van der Waals surface area contributed by atoms with Crippen LogP contribution in [0.15, 0.2) is 24.5 Å². The Hall–Kier alpha value is -1.84. The normalized spacial score (nSPS) is 15.2. The van der Waals surface area contributed by atoms with Crippen molar-refractivity contribution >= 4 is 16.6 Å². The first-order valence-electron chi connectivity index (χ1n) is 5.46. The summed E-state index contributed by atoms with van der Waals surface area (Å²) in [6.45, 7) is 0.751. The number of anilines is 1. The van der Waals surface area contributed by atoms with Crippen LogP contribution in [0.2, 0.25) is 0 Å². The quantitative estimate of drug-likeness (QED) is 0.795. The zero-order valence-electron chi connectivity index (χ0n) is 8.89. The molecule has 1 saturated carbocycles. The second-order valence-electron chi connectivity index (χ2n) is 4.21. The van der Waals surface area contributed by atoms with Gasteiger partial charge in [-0.3, -0.25) is 0 Å². The van der Waals surface area contributed by atoms with Crippen LogP contribution in [0.25, 0.3) is 10.9 Å². The van der Waals surface area contributed by atoms with Crippen LogP contribution in [0, 0.1) is 5.92 Å². The Labute approximate surface area is 93.5 Å². The summed E-state index contributed by atoms with van der Waals surface area (Å²) in [6, 6.07) is 5.58. The SMILES string of the molecule is Nc1ccc2ncnc(OCC3CC3)c2c1. The summed E-state index contributed by atoms with van der Waals surface area (Å²) >= 11 is 0. The number of nitrogens with zero attached hydrogens (tertiary/aromatic N) is 2. The second-order valence-corrected chi connectivity index (χ2v) is 4.21. The molecule has 0 spiro atoms. The van der Waals surface area contributed by atoms with Crippen molar-refractivity contribution in [3.8, 4) is 5.88 Å². The molecule has 0 aliphatic heterocycles. The van der Waals surface area contributed by atoms with E-state index < -0.39 is 0 Å². The first-order valence-corrected chi connectivity index (χ1v) is 5.46. The number of aromatic nitrogens is 2. The average Bonchev–Trinajstić information content (AvgIpc) is 3.10. The van der Waals surface area contributed by atoms with Gasteiger partial charge in [-0.1, -0.05) is 0 Å². The van der Waals surface area contributed by atoms with E-state index in [2.05, 4.69) is 9.97 Å². The van der Waals surface area contributed by atoms with E-state index in [1.807, 2.05) is 18.2 Å². The fourth-order valence-electron chi connectivity index (χ4n) is 1.65. The number of hydrogen-bond acceptors (Lipinski definition) is 4. The first kappa shape index (κ1) is 9.39. The lowest BCUT2D eigenvalue weighted by Crippen LogP contribution is -2.02. The third-order valence-electron chi connectivity index (χ3n) is 2.78. The standard InChI is InChI=1S/C12H13N3O/c13-9-3-4-11-10(5-9)12(15-7-14-11)16-6-8-1-2-8/h3-5,7-8H,1-2,6,13H2. The molecule has 4 nitrogen and oxygen atoms in total. The monoisotopic (exact) mass is 215 g/mol. The van der Waals surface area contributed by atoms with Crippen LogP contribution in [0.5, 0.6) is 5.88 Å². The van der Waals surface area contributed by atoms with Gasteiger partial charge in [0.2, 0.25) is 5.88 Å². The van der Waals surface area contributed by atoms with Crippen molar-refractivity contribution in [3.05, 3.63) is 24.5 Å². The van der Waals surface area contributed by atoms with Crippen molar-refractivity contribution in [3.63, 3.8) is 0 Å². The molecule has 1 aliphatic carbocycles. The third-order valence-corrected chi connectivity index (χ3v) is 2.78. The highest BCUT2D eigenvalue weighted by molar-refractivity contribution is 5.86. The van der Waals surface area contributed by atoms with Gasteiger partial charge in [0.25, 0.3) is 0 Å². The summed E-state index contributed by atoms with van der Waals surface area (Å²) < 4.78 is 5.69. The molecule has 0 unspecified atom stereocenters. The maximum absolute atomic E-state index is 5.75. The topological polar surface area (TPSA) is 61.0 Å². The van der Waals surface area contributed by atoms with Gasteiger partial charge < -0.3 is 10.5 Å². The van der Waals surface area contributed by atoms with Crippen LogP contribution < -0.4 is 10.5 Å². The molecule has 2 aromatic rings. The second kappa shape index (κ2) is 3.63. The minimum atomic E-state index is 0.643. The molecule has 16 heavy (non-hydrogen) atoms. The van der Waals surface area contributed by atoms with E-state index in [1.165, 1.54) is 19.2 Å². The molecule has 2 N–H and O–H groups in total. The van der Waals surface area contributed by atoms with Crippen molar-refractivity contribution in [1.82, 2.24) is 9.97 Å². The van der Waals surface area contributed by atoms with Crippen molar-refractivity contribution in [2.45, 2.75) is 12.8 Å². The van der Waals surface area contributed by atoms with Crippen LogP contribution in [-0.4, -0.2) is 16.6 Å². The first-order chi connectivity index (χ1) is 7.83. The van der Waals surface area contributed by atoms with Gasteiger partial charge in [-0.25, -0.2) is 9.97 Å². The fourth-order valence-corrected chi connectivity index (χ4v) is 1.65. The fraction of sp³-hybridized carbons (Fsp3) is 0.333. The van der Waals surface area contributed by atoms with Crippen LogP contribution in [0.4, 0.5) is 5.69 Å². The molecule has 0 amide bonds. The van der Waals surface area contributed by atoms with E-state index in [0.29, 0.717) is 17.5 Å². The number of hydrogen-bond donors (Lipinski definition) is 1. The summed E-state index contributed by atoms with van der Waals surface area (Å²) in [5.41, 5.74) is 7.33. The maximum atomic E-state index is 5.75. The summed E-state index contributed by atoms with van der Waals surface area (Å²) in [6.07, 6.45) is 4.07. The molecule has 1 aromatic heterocycles. The Balaban J connectivity index is 1.97. The van der Waals surface area contributed by atoms with Gasteiger partial charge >= 0.3 is 0 Å². The minimum absolute atomic E-state index is 0.643. The lowest BCUT2D eigenvalue weighted by molar-refractivity contribution is 0.292. The van der Waals surface area contributed by atoms with E-state index in [4.69, 9.17) is 10.5 Å². The molecule has 3 rings (SSSR count). The van der Waals surface area contributed by atoms with E-state index >= 15 is 0 Å². The molecule has 1 aromatic carbocycles. The average molecular weight is 215 g/mol. The van der Waals surface area contributed by atoms with Crippen molar-refractivity contribution in [1.29, 1.82) is 0 Å². The van der Waals surface area contributed by atoms with E-state index in [9.17, 15) is 0 Å².